The molecule has 4 heterocycles. The summed E-state index contributed by atoms with van der Waals surface area (Å²) in [7, 11) is 0. The quantitative estimate of drug-likeness (QED) is 0.187. The molecule has 51 heavy (non-hydrogen) atoms. The van der Waals surface area contributed by atoms with Gasteiger partial charge in [-0.1, -0.05) is 115 Å². The molecule has 0 radical (unpaired) electrons. The summed E-state index contributed by atoms with van der Waals surface area (Å²) in [6.45, 7) is 0. The minimum Gasteiger partial charge on any atom is -0.309 e. The summed E-state index contributed by atoms with van der Waals surface area (Å²) in [4.78, 5) is 10.4. The Morgan fingerprint density at radius 3 is 1.84 bits per heavy atom. The first-order chi connectivity index (χ1) is 25.3. The summed E-state index contributed by atoms with van der Waals surface area (Å²) in [5.74, 6) is 1.54. The average Bonchev–Trinajstić information content (AvgIpc) is 3.85. The SMILES string of the molecule is c1ccc(-c2cc(-n3c4ccccc4c4cc5c(cc43)c3c4c(ccc3n5-c3ccccc3)sc3ccccc34)nc(-c3ccccc3)n2)cc1. The largest absolute Gasteiger partial charge is 0.309 e. The van der Waals surface area contributed by atoms with Gasteiger partial charge in [-0.3, -0.25) is 4.57 Å². The van der Waals surface area contributed by atoms with E-state index in [9.17, 15) is 0 Å². The third-order valence-electron chi connectivity index (χ3n) is 10.1. The van der Waals surface area contributed by atoms with Gasteiger partial charge in [-0.25, -0.2) is 9.97 Å². The number of rotatable bonds is 4. The number of para-hydroxylation sites is 2. The second kappa shape index (κ2) is 11.0. The predicted octanol–water partition coefficient (Wildman–Crippen LogP) is 12.4. The van der Waals surface area contributed by atoms with Gasteiger partial charge in [0.25, 0.3) is 0 Å². The molecule has 0 saturated heterocycles. The molecule has 0 unspecified atom stereocenters. The van der Waals surface area contributed by atoms with E-state index in [0.717, 1.165) is 39.4 Å². The summed E-state index contributed by atoms with van der Waals surface area (Å²) in [5.41, 5.74) is 8.69. The van der Waals surface area contributed by atoms with Gasteiger partial charge in [0, 0.05) is 64.6 Å². The number of hydrogen-bond acceptors (Lipinski definition) is 3. The van der Waals surface area contributed by atoms with Crippen LogP contribution in [0.2, 0.25) is 0 Å². The van der Waals surface area contributed by atoms with Crippen LogP contribution in [0.4, 0.5) is 0 Å². The first-order valence-electron chi connectivity index (χ1n) is 17.2. The van der Waals surface area contributed by atoms with Crippen LogP contribution >= 0.6 is 11.3 Å². The molecule has 0 aliphatic carbocycles. The van der Waals surface area contributed by atoms with Gasteiger partial charge in [0.05, 0.1) is 27.8 Å². The molecule has 4 aromatic heterocycles. The third-order valence-corrected chi connectivity index (χ3v) is 11.3. The van der Waals surface area contributed by atoms with E-state index in [0.29, 0.717) is 5.82 Å². The van der Waals surface area contributed by atoms with Crippen LogP contribution < -0.4 is 0 Å². The van der Waals surface area contributed by atoms with Crippen molar-refractivity contribution < 1.29 is 0 Å². The van der Waals surface area contributed by atoms with Gasteiger partial charge in [0.15, 0.2) is 5.82 Å². The fourth-order valence-corrected chi connectivity index (χ4v) is 9.02. The highest BCUT2D eigenvalue weighted by Gasteiger charge is 2.22. The van der Waals surface area contributed by atoms with Crippen molar-refractivity contribution in [1.82, 2.24) is 19.1 Å². The number of thiophene rings is 1. The molecule has 0 amide bonds. The summed E-state index contributed by atoms with van der Waals surface area (Å²) >= 11 is 1.87. The van der Waals surface area contributed by atoms with E-state index in [2.05, 4.69) is 155 Å². The van der Waals surface area contributed by atoms with E-state index in [-0.39, 0.29) is 0 Å². The number of hydrogen-bond donors (Lipinski definition) is 0. The van der Waals surface area contributed by atoms with Crippen molar-refractivity contribution >= 4 is 75.1 Å². The summed E-state index contributed by atoms with van der Waals surface area (Å²) in [6.07, 6.45) is 0. The third kappa shape index (κ3) is 4.25. The second-order valence-corrected chi connectivity index (χ2v) is 14.1. The molecule has 0 atom stereocenters. The zero-order valence-corrected chi connectivity index (χ0v) is 28.2. The Morgan fingerprint density at radius 2 is 1.04 bits per heavy atom. The second-order valence-electron chi connectivity index (χ2n) is 13.0. The van der Waals surface area contributed by atoms with E-state index in [1.807, 2.05) is 35.6 Å². The van der Waals surface area contributed by atoms with E-state index in [1.165, 1.54) is 52.8 Å². The average molecular weight is 669 g/mol. The molecule has 0 spiro atoms. The molecular formula is C46H28N4S. The van der Waals surface area contributed by atoms with Gasteiger partial charge in [-0.2, -0.15) is 0 Å². The topological polar surface area (TPSA) is 35.6 Å². The van der Waals surface area contributed by atoms with Crippen molar-refractivity contribution in [3.8, 4) is 34.2 Å². The number of fused-ring (bicyclic) bond motifs is 10. The van der Waals surface area contributed by atoms with Crippen LogP contribution in [0.1, 0.15) is 0 Å². The molecule has 11 rings (SSSR count). The maximum Gasteiger partial charge on any atom is 0.162 e. The highest BCUT2D eigenvalue weighted by Crippen LogP contribution is 2.45. The lowest BCUT2D eigenvalue weighted by Crippen LogP contribution is -2.02. The molecule has 238 valence electrons. The standard InChI is InChI=1S/C46H28N4S/c1-4-14-29(15-5-1)36-28-43(48-46(47-36)30-16-6-2-7-17-30)50-37-22-12-10-20-32(37)34-26-40-35(27-39(34)50)44-38(49(40)31-18-8-3-9-19-31)24-25-42-45(44)33-21-11-13-23-41(33)51-42/h1-28H. The van der Waals surface area contributed by atoms with Gasteiger partial charge >= 0.3 is 0 Å². The zero-order chi connectivity index (χ0) is 33.5. The van der Waals surface area contributed by atoms with Crippen LogP contribution in [0.25, 0.3) is 97.9 Å². The van der Waals surface area contributed by atoms with Crippen molar-refractivity contribution in [3.05, 3.63) is 170 Å². The molecule has 0 aliphatic heterocycles. The van der Waals surface area contributed by atoms with Crippen molar-refractivity contribution in [2.45, 2.75) is 0 Å². The van der Waals surface area contributed by atoms with Crippen LogP contribution in [0, 0.1) is 0 Å². The lowest BCUT2D eigenvalue weighted by Gasteiger charge is -2.12. The van der Waals surface area contributed by atoms with E-state index in [1.54, 1.807) is 0 Å². The first-order valence-corrected chi connectivity index (χ1v) is 18.0. The Balaban J connectivity index is 1.31. The molecule has 4 nitrogen and oxygen atoms in total. The van der Waals surface area contributed by atoms with Gasteiger partial charge < -0.3 is 4.57 Å². The molecular weight excluding hydrogens is 641 g/mol. The van der Waals surface area contributed by atoms with Crippen molar-refractivity contribution in [2.24, 2.45) is 0 Å². The van der Waals surface area contributed by atoms with E-state index < -0.39 is 0 Å². The fourth-order valence-electron chi connectivity index (χ4n) is 7.91. The van der Waals surface area contributed by atoms with Crippen LogP contribution in [0.15, 0.2) is 170 Å². The van der Waals surface area contributed by atoms with Gasteiger partial charge in [-0.05, 0) is 48.5 Å². The van der Waals surface area contributed by atoms with E-state index >= 15 is 0 Å². The Morgan fingerprint density at radius 1 is 0.392 bits per heavy atom. The summed E-state index contributed by atoms with van der Waals surface area (Å²) in [5, 5.41) is 7.48. The Labute approximate surface area is 297 Å². The molecule has 7 aromatic carbocycles. The van der Waals surface area contributed by atoms with Crippen LogP contribution in [-0.4, -0.2) is 19.1 Å². The Hall–Kier alpha value is -6.56. The highest BCUT2D eigenvalue weighted by molar-refractivity contribution is 7.26. The van der Waals surface area contributed by atoms with Crippen LogP contribution in [0.5, 0.6) is 0 Å². The normalized spacial score (nSPS) is 11.9. The maximum absolute atomic E-state index is 5.30. The monoisotopic (exact) mass is 668 g/mol. The van der Waals surface area contributed by atoms with Crippen LogP contribution in [-0.2, 0) is 0 Å². The predicted molar refractivity (Wildman–Crippen MR) is 214 cm³/mol. The zero-order valence-electron chi connectivity index (χ0n) is 27.4. The van der Waals surface area contributed by atoms with Crippen molar-refractivity contribution in [3.63, 3.8) is 0 Å². The lowest BCUT2D eigenvalue weighted by atomic mass is 10.0. The lowest BCUT2D eigenvalue weighted by molar-refractivity contribution is 1.05. The number of benzene rings is 7. The molecule has 5 heteroatoms. The Kier molecular flexibility index (Phi) is 6.09. The maximum atomic E-state index is 5.30. The number of aromatic nitrogens is 4. The molecule has 0 bridgehead atoms. The summed E-state index contributed by atoms with van der Waals surface area (Å²) < 4.78 is 7.38. The first kappa shape index (κ1) is 28.3. The molecule has 11 aromatic rings. The van der Waals surface area contributed by atoms with Crippen molar-refractivity contribution in [1.29, 1.82) is 0 Å². The molecule has 0 N–H and O–H groups in total. The minimum absolute atomic E-state index is 0.700. The van der Waals surface area contributed by atoms with Gasteiger partial charge in [0.1, 0.15) is 5.82 Å². The van der Waals surface area contributed by atoms with Gasteiger partial charge in [0.2, 0.25) is 0 Å². The van der Waals surface area contributed by atoms with Gasteiger partial charge in [-0.15, -0.1) is 11.3 Å². The highest BCUT2D eigenvalue weighted by atomic mass is 32.1. The Bertz CT molecular complexity index is 3060. The molecule has 0 fully saturated rings. The smallest absolute Gasteiger partial charge is 0.162 e. The van der Waals surface area contributed by atoms with Crippen LogP contribution in [0.3, 0.4) is 0 Å². The van der Waals surface area contributed by atoms with E-state index in [4.69, 9.17) is 9.97 Å². The summed E-state index contributed by atoms with van der Waals surface area (Å²) in [6, 6.07) is 60.5. The number of nitrogens with zero attached hydrogens (tertiary/aromatic N) is 4. The minimum atomic E-state index is 0.700. The van der Waals surface area contributed by atoms with Crippen molar-refractivity contribution in [2.75, 3.05) is 0 Å². The molecule has 0 aliphatic rings. The fraction of sp³-hybridized carbons (Fsp3) is 0. The molecule has 0 saturated carbocycles.